The van der Waals surface area contributed by atoms with Gasteiger partial charge in [-0.25, -0.2) is 4.79 Å². The maximum atomic E-state index is 11.7. The Bertz CT molecular complexity index is 416. The predicted octanol–water partition coefficient (Wildman–Crippen LogP) is 2.99. The van der Waals surface area contributed by atoms with Crippen LogP contribution in [0.25, 0.3) is 0 Å². The van der Waals surface area contributed by atoms with Gasteiger partial charge in [0.25, 0.3) is 0 Å². The van der Waals surface area contributed by atoms with Gasteiger partial charge in [0.1, 0.15) is 0 Å². The minimum atomic E-state index is -0.191. The maximum Gasteiger partial charge on any atom is 0.319 e. The molecular formula is C13H19BrN2O2S. The number of thioether (sulfide) groups is 1. The molecule has 6 heteroatoms. The molecule has 0 heterocycles. The second kappa shape index (κ2) is 9.23. The highest BCUT2D eigenvalue weighted by atomic mass is 79.9. The molecule has 1 aromatic carbocycles. The Balaban J connectivity index is 2.26. The number of carbonyl (C=O) groups is 1. The van der Waals surface area contributed by atoms with Gasteiger partial charge < -0.3 is 15.7 Å². The van der Waals surface area contributed by atoms with Gasteiger partial charge in [-0.3, -0.25) is 0 Å². The highest BCUT2D eigenvalue weighted by Crippen LogP contribution is 2.23. The first-order chi connectivity index (χ1) is 9.15. The van der Waals surface area contributed by atoms with Crippen LogP contribution in [0.4, 0.5) is 10.5 Å². The Labute approximate surface area is 126 Å². The monoisotopic (exact) mass is 346 g/mol. The highest BCUT2D eigenvalue weighted by Gasteiger charge is 2.05. The molecule has 0 spiro atoms. The van der Waals surface area contributed by atoms with Gasteiger partial charge in [0, 0.05) is 29.1 Å². The molecule has 106 valence electrons. The fourth-order valence-corrected chi connectivity index (χ4v) is 2.56. The van der Waals surface area contributed by atoms with Gasteiger partial charge in [-0.1, -0.05) is 22.0 Å². The van der Waals surface area contributed by atoms with Crippen molar-refractivity contribution >= 4 is 39.4 Å². The van der Waals surface area contributed by atoms with E-state index < -0.39 is 0 Å². The number of aliphatic hydroxyl groups is 1. The lowest BCUT2D eigenvalue weighted by Gasteiger charge is -2.10. The normalized spacial score (nSPS) is 10.3. The summed E-state index contributed by atoms with van der Waals surface area (Å²) in [5.41, 5.74) is 1.81. The van der Waals surface area contributed by atoms with Gasteiger partial charge >= 0.3 is 6.03 Å². The number of anilines is 1. The zero-order chi connectivity index (χ0) is 14.1. The summed E-state index contributed by atoms with van der Waals surface area (Å²) in [6.45, 7) is 2.79. The van der Waals surface area contributed by atoms with Crippen LogP contribution in [0.3, 0.4) is 0 Å². The summed E-state index contributed by atoms with van der Waals surface area (Å²) in [4.78, 5) is 11.7. The van der Waals surface area contributed by atoms with Gasteiger partial charge in [0.2, 0.25) is 0 Å². The van der Waals surface area contributed by atoms with Crippen LogP contribution in [-0.2, 0) is 0 Å². The third kappa shape index (κ3) is 6.31. The molecule has 0 unspecified atom stereocenters. The summed E-state index contributed by atoms with van der Waals surface area (Å²) in [6.07, 6.45) is 0.800. The fraction of sp³-hybridized carbons (Fsp3) is 0.462. The molecule has 0 aliphatic heterocycles. The third-order valence-corrected chi connectivity index (χ3v) is 4.42. The van der Waals surface area contributed by atoms with E-state index in [1.54, 1.807) is 11.8 Å². The molecule has 0 saturated carbocycles. The second-order valence-electron chi connectivity index (χ2n) is 3.98. The average molecular weight is 347 g/mol. The van der Waals surface area contributed by atoms with E-state index in [2.05, 4.69) is 26.6 Å². The van der Waals surface area contributed by atoms with Crippen molar-refractivity contribution in [2.24, 2.45) is 0 Å². The Morgan fingerprint density at radius 2 is 2.21 bits per heavy atom. The maximum absolute atomic E-state index is 11.7. The Kier molecular flexibility index (Phi) is 7.93. The van der Waals surface area contributed by atoms with Crippen molar-refractivity contribution in [2.75, 3.05) is 30.0 Å². The van der Waals surface area contributed by atoms with Gasteiger partial charge in [-0.15, -0.1) is 0 Å². The molecular weight excluding hydrogens is 328 g/mol. The number of carbonyl (C=O) groups excluding carboxylic acids is 1. The van der Waals surface area contributed by atoms with E-state index in [0.717, 1.165) is 33.7 Å². The van der Waals surface area contributed by atoms with Crippen molar-refractivity contribution in [3.8, 4) is 0 Å². The van der Waals surface area contributed by atoms with Crippen LogP contribution in [0, 0.1) is 6.92 Å². The molecule has 0 saturated heterocycles. The van der Waals surface area contributed by atoms with Crippen LogP contribution in [-0.4, -0.2) is 35.8 Å². The molecule has 0 fully saturated rings. The van der Waals surface area contributed by atoms with E-state index >= 15 is 0 Å². The van der Waals surface area contributed by atoms with Crippen molar-refractivity contribution in [1.82, 2.24) is 5.32 Å². The molecule has 2 amide bonds. The Morgan fingerprint density at radius 1 is 1.42 bits per heavy atom. The SMILES string of the molecule is Cc1c(Br)cccc1NC(=O)NCCSCCCO. The summed E-state index contributed by atoms with van der Waals surface area (Å²) >= 11 is 5.15. The number of urea groups is 1. The molecule has 0 atom stereocenters. The van der Waals surface area contributed by atoms with E-state index in [1.165, 1.54) is 0 Å². The van der Waals surface area contributed by atoms with Gasteiger partial charge in [-0.2, -0.15) is 11.8 Å². The van der Waals surface area contributed by atoms with Gasteiger partial charge in [0.05, 0.1) is 0 Å². The molecule has 0 aliphatic rings. The van der Waals surface area contributed by atoms with Crippen LogP contribution >= 0.6 is 27.7 Å². The number of hydrogen-bond acceptors (Lipinski definition) is 3. The zero-order valence-electron chi connectivity index (χ0n) is 10.9. The lowest BCUT2D eigenvalue weighted by atomic mass is 10.2. The molecule has 1 aromatic rings. The number of benzene rings is 1. The summed E-state index contributed by atoms with van der Waals surface area (Å²) in [5.74, 6) is 1.77. The number of amides is 2. The first kappa shape index (κ1) is 16.3. The smallest absolute Gasteiger partial charge is 0.319 e. The first-order valence-corrected chi connectivity index (χ1v) is 8.08. The molecule has 3 N–H and O–H groups in total. The van der Waals surface area contributed by atoms with Crippen molar-refractivity contribution in [2.45, 2.75) is 13.3 Å². The predicted molar refractivity (Wildman–Crippen MR) is 84.9 cm³/mol. The van der Waals surface area contributed by atoms with Crippen LogP contribution in [0.5, 0.6) is 0 Å². The summed E-state index contributed by atoms with van der Waals surface area (Å²) < 4.78 is 0.977. The average Bonchev–Trinajstić information content (AvgIpc) is 2.39. The van der Waals surface area contributed by atoms with Crippen LogP contribution < -0.4 is 10.6 Å². The number of nitrogens with one attached hydrogen (secondary N) is 2. The standard InChI is InChI=1S/C13H19BrN2O2S/c1-10-11(14)4-2-5-12(10)16-13(18)15-6-9-19-8-3-7-17/h2,4-5,17H,3,6-9H2,1H3,(H2,15,16,18). The summed E-state index contributed by atoms with van der Waals surface area (Å²) in [7, 11) is 0. The van der Waals surface area contributed by atoms with Gasteiger partial charge in [-0.05, 0) is 36.8 Å². The van der Waals surface area contributed by atoms with Crippen molar-refractivity contribution < 1.29 is 9.90 Å². The lowest BCUT2D eigenvalue weighted by Crippen LogP contribution is -2.30. The largest absolute Gasteiger partial charge is 0.396 e. The number of rotatable bonds is 7. The molecule has 4 nitrogen and oxygen atoms in total. The van der Waals surface area contributed by atoms with E-state index in [-0.39, 0.29) is 12.6 Å². The first-order valence-electron chi connectivity index (χ1n) is 6.13. The minimum Gasteiger partial charge on any atom is -0.396 e. The van der Waals surface area contributed by atoms with Crippen LogP contribution in [0.1, 0.15) is 12.0 Å². The molecule has 1 rings (SSSR count). The molecule has 0 aliphatic carbocycles. The summed E-state index contributed by atoms with van der Waals surface area (Å²) in [5, 5.41) is 14.3. The minimum absolute atomic E-state index is 0.191. The van der Waals surface area contributed by atoms with E-state index in [4.69, 9.17) is 5.11 Å². The topological polar surface area (TPSA) is 61.4 Å². The molecule has 0 bridgehead atoms. The van der Waals surface area contributed by atoms with Crippen molar-refractivity contribution in [3.63, 3.8) is 0 Å². The Hall–Kier alpha value is -0.720. The second-order valence-corrected chi connectivity index (χ2v) is 6.06. The highest BCUT2D eigenvalue weighted by molar-refractivity contribution is 9.10. The van der Waals surface area contributed by atoms with Crippen LogP contribution in [0.2, 0.25) is 0 Å². The van der Waals surface area contributed by atoms with Gasteiger partial charge in [0.15, 0.2) is 0 Å². The number of hydrogen-bond donors (Lipinski definition) is 3. The van der Waals surface area contributed by atoms with E-state index in [9.17, 15) is 4.79 Å². The molecule has 0 radical (unpaired) electrons. The molecule has 0 aromatic heterocycles. The van der Waals surface area contributed by atoms with Crippen molar-refractivity contribution in [3.05, 3.63) is 28.2 Å². The zero-order valence-corrected chi connectivity index (χ0v) is 13.3. The number of halogens is 1. The fourth-order valence-electron chi connectivity index (χ4n) is 1.41. The van der Waals surface area contributed by atoms with E-state index in [1.807, 2.05) is 25.1 Å². The summed E-state index contributed by atoms with van der Waals surface area (Å²) in [6, 6.07) is 5.51. The van der Waals surface area contributed by atoms with Crippen LogP contribution in [0.15, 0.2) is 22.7 Å². The lowest BCUT2D eigenvalue weighted by molar-refractivity contribution is 0.252. The number of aliphatic hydroxyl groups excluding tert-OH is 1. The Morgan fingerprint density at radius 3 is 2.95 bits per heavy atom. The third-order valence-electron chi connectivity index (χ3n) is 2.49. The van der Waals surface area contributed by atoms with Crippen molar-refractivity contribution in [1.29, 1.82) is 0 Å². The quantitative estimate of drug-likeness (QED) is 0.665. The molecule has 19 heavy (non-hydrogen) atoms. The van der Waals surface area contributed by atoms with E-state index in [0.29, 0.717) is 6.54 Å².